The minimum absolute atomic E-state index is 0.405. The number of anilines is 1. The maximum Gasteiger partial charge on any atom is 0.278 e. The zero-order valence-corrected chi connectivity index (χ0v) is 8.56. The van der Waals surface area contributed by atoms with Crippen LogP contribution in [0.2, 0.25) is 0 Å². The molecular formula is C9H11N5O. The van der Waals surface area contributed by atoms with Crippen LogP contribution in [0.3, 0.4) is 0 Å². The summed E-state index contributed by atoms with van der Waals surface area (Å²) in [5, 5.41) is 14.5. The van der Waals surface area contributed by atoms with E-state index >= 15 is 0 Å². The molecule has 0 saturated carbocycles. The van der Waals surface area contributed by atoms with E-state index < -0.39 is 0 Å². The summed E-state index contributed by atoms with van der Waals surface area (Å²) in [7, 11) is 1.78. The van der Waals surface area contributed by atoms with Gasteiger partial charge in [0.1, 0.15) is 5.82 Å². The summed E-state index contributed by atoms with van der Waals surface area (Å²) in [5.74, 6) is 1.78. The van der Waals surface area contributed by atoms with Crippen LogP contribution in [-0.2, 0) is 6.42 Å². The summed E-state index contributed by atoms with van der Waals surface area (Å²) < 4.78 is 5.03. The third-order valence-electron chi connectivity index (χ3n) is 1.92. The minimum atomic E-state index is 0.405. The summed E-state index contributed by atoms with van der Waals surface area (Å²) in [6, 6.07) is 3.59. The first kappa shape index (κ1) is 9.57. The van der Waals surface area contributed by atoms with Crippen LogP contribution >= 0.6 is 0 Å². The molecule has 0 atom stereocenters. The molecule has 2 aromatic rings. The predicted octanol–water partition coefficient (Wildman–Crippen LogP) is 1.13. The van der Waals surface area contributed by atoms with Gasteiger partial charge in [-0.25, -0.2) is 0 Å². The monoisotopic (exact) mass is 205 g/mol. The largest absolute Gasteiger partial charge is 0.372 e. The quantitative estimate of drug-likeness (QED) is 0.809. The van der Waals surface area contributed by atoms with Crippen molar-refractivity contribution in [1.82, 2.24) is 20.3 Å². The molecule has 0 amide bonds. The lowest BCUT2D eigenvalue weighted by atomic mass is 10.4. The van der Waals surface area contributed by atoms with Crippen LogP contribution in [-0.4, -0.2) is 27.4 Å². The molecule has 0 bridgehead atoms. The zero-order valence-electron chi connectivity index (χ0n) is 8.56. The SMILES string of the molecule is CCc1noc(-c2ccc(NC)nn2)n1. The molecule has 78 valence electrons. The average molecular weight is 205 g/mol. The fourth-order valence-corrected chi connectivity index (χ4v) is 1.08. The molecule has 2 heterocycles. The smallest absolute Gasteiger partial charge is 0.278 e. The van der Waals surface area contributed by atoms with Gasteiger partial charge >= 0.3 is 0 Å². The van der Waals surface area contributed by atoms with Gasteiger partial charge in [-0.2, -0.15) is 4.98 Å². The van der Waals surface area contributed by atoms with E-state index in [1.165, 1.54) is 0 Å². The van der Waals surface area contributed by atoms with Crippen molar-refractivity contribution in [3.63, 3.8) is 0 Å². The lowest BCUT2D eigenvalue weighted by Crippen LogP contribution is -1.95. The molecule has 0 aromatic carbocycles. The molecule has 6 heteroatoms. The van der Waals surface area contributed by atoms with Gasteiger partial charge in [-0.1, -0.05) is 12.1 Å². The zero-order chi connectivity index (χ0) is 10.7. The molecule has 0 aliphatic rings. The maximum atomic E-state index is 5.03. The van der Waals surface area contributed by atoms with Gasteiger partial charge in [-0.15, -0.1) is 10.2 Å². The molecule has 0 spiro atoms. The second-order valence-electron chi connectivity index (χ2n) is 2.92. The van der Waals surface area contributed by atoms with Crippen molar-refractivity contribution in [2.24, 2.45) is 0 Å². The summed E-state index contributed by atoms with van der Waals surface area (Å²) in [4.78, 5) is 4.15. The number of nitrogens with zero attached hydrogens (tertiary/aromatic N) is 4. The van der Waals surface area contributed by atoms with Gasteiger partial charge in [0.15, 0.2) is 11.5 Å². The summed E-state index contributed by atoms with van der Waals surface area (Å²) in [6.45, 7) is 1.96. The Labute approximate surface area is 86.7 Å². The van der Waals surface area contributed by atoms with Gasteiger partial charge in [0.2, 0.25) is 0 Å². The molecule has 2 aromatic heterocycles. The Morgan fingerprint density at radius 2 is 2.20 bits per heavy atom. The highest BCUT2D eigenvalue weighted by Gasteiger charge is 2.09. The fraction of sp³-hybridized carbons (Fsp3) is 0.333. The number of aromatic nitrogens is 4. The maximum absolute atomic E-state index is 5.03. The van der Waals surface area contributed by atoms with E-state index in [1.807, 2.05) is 6.92 Å². The number of nitrogens with one attached hydrogen (secondary N) is 1. The van der Waals surface area contributed by atoms with Crippen molar-refractivity contribution >= 4 is 5.82 Å². The number of aryl methyl sites for hydroxylation is 1. The van der Waals surface area contributed by atoms with Crippen LogP contribution in [0.15, 0.2) is 16.7 Å². The van der Waals surface area contributed by atoms with Crippen molar-refractivity contribution in [2.45, 2.75) is 13.3 Å². The molecule has 15 heavy (non-hydrogen) atoms. The molecule has 1 N–H and O–H groups in total. The fourth-order valence-electron chi connectivity index (χ4n) is 1.08. The summed E-state index contributed by atoms with van der Waals surface area (Å²) in [5.41, 5.74) is 0.584. The van der Waals surface area contributed by atoms with Gasteiger partial charge in [-0.05, 0) is 12.1 Å². The first-order valence-electron chi connectivity index (χ1n) is 4.68. The Bertz CT molecular complexity index is 436. The van der Waals surface area contributed by atoms with E-state index in [0.717, 1.165) is 6.42 Å². The van der Waals surface area contributed by atoms with Crippen LogP contribution in [0, 0.1) is 0 Å². The van der Waals surface area contributed by atoms with Gasteiger partial charge in [0, 0.05) is 13.5 Å². The van der Waals surface area contributed by atoms with Gasteiger partial charge in [0.25, 0.3) is 5.89 Å². The third-order valence-corrected chi connectivity index (χ3v) is 1.92. The molecule has 0 radical (unpaired) electrons. The van der Waals surface area contributed by atoms with E-state index in [4.69, 9.17) is 4.52 Å². The van der Waals surface area contributed by atoms with Gasteiger partial charge in [-0.3, -0.25) is 0 Å². The van der Waals surface area contributed by atoms with Crippen LogP contribution in [0.5, 0.6) is 0 Å². The van der Waals surface area contributed by atoms with Crippen LogP contribution < -0.4 is 5.32 Å². The second kappa shape index (κ2) is 4.04. The molecular weight excluding hydrogens is 194 g/mol. The van der Waals surface area contributed by atoms with Crippen molar-refractivity contribution in [3.8, 4) is 11.6 Å². The lowest BCUT2D eigenvalue weighted by molar-refractivity contribution is 0.421. The van der Waals surface area contributed by atoms with Gasteiger partial charge < -0.3 is 9.84 Å². The van der Waals surface area contributed by atoms with Crippen molar-refractivity contribution < 1.29 is 4.52 Å². The van der Waals surface area contributed by atoms with Gasteiger partial charge in [0.05, 0.1) is 0 Å². The van der Waals surface area contributed by atoms with E-state index in [1.54, 1.807) is 19.2 Å². The molecule has 6 nitrogen and oxygen atoms in total. The van der Waals surface area contributed by atoms with Crippen LogP contribution in [0.25, 0.3) is 11.6 Å². The first-order valence-corrected chi connectivity index (χ1v) is 4.68. The lowest BCUT2D eigenvalue weighted by Gasteiger charge is -1.96. The molecule has 0 aliphatic carbocycles. The predicted molar refractivity (Wildman–Crippen MR) is 54.2 cm³/mol. The van der Waals surface area contributed by atoms with E-state index in [0.29, 0.717) is 23.2 Å². The molecule has 0 fully saturated rings. The highest BCUT2D eigenvalue weighted by atomic mass is 16.5. The molecule has 0 aliphatic heterocycles. The Morgan fingerprint density at radius 3 is 2.73 bits per heavy atom. The summed E-state index contributed by atoms with van der Waals surface area (Å²) >= 11 is 0. The Kier molecular flexibility index (Phi) is 2.57. The average Bonchev–Trinajstić information content (AvgIpc) is 2.78. The Hall–Kier alpha value is -1.98. The molecule has 0 unspecified atom stereocenters. The molecule has 0 saturated heterocycles. The summed E-state index contributed by atoms with van der Waals surface area (Å²) in [6.07, 6.45) is 0.742. The van der Waals surface area contributed by atoms with Crippen LogP contribution in [0.1, 0.15) is 12.7 Å². The standard InChI is InChI=1S/C9H11N5O/c1-3-7-11-9(15-14-7)6-4-5-8(10-2)13-12-6/h4-5H,3H2,1-2H3,(H,10,13). The first-order chi connectivity index (χ1) is 7.33. The second-order valence-corrected chi connectivity index (χ2v) is 2.92. The van der Waals surface area contributed by atoms with Crippen LogP contribution in [0.4, 0.5) is 5.82 Å². The highest BCUT2D eigenvalue weighted by molar-refractivity contribution is 5.48. The normalized spacial score (nSPS) is 10.3. The number of hydrogen-bond acceptors (Lipinski definition) is 6. The molecule has 2 rings (SSSR count). The van der Waals surface area contributed by atoms with Crippen molar-refractivity contribution in [3.05, 3.63) is 18.0 Å². The highest BCUT2D eigenvalue weighted by Crippen LogP contribution is 2.14. The third kappa shape index (κ3) is 1.93. The van der Waals surface area contributed by atoms with Crippen molar-refractivity contribution in [1.29, 1.82) is 0 Å². The minimum Gasteiger partial charge on any atom is -0.372 e. The van der Waals surface area contributed by atoms with E-state index in [9.17, 15) is 0 Å². The van der Waals surface area contributed by atoms with E-state index in [2.05, 4.69) is 25.7 Å². The number of hydrogen-bond donors (Lipinski definition) is 1. The Balaban J connectivity index is 2.28. The Morgan fingerprint density at radius 1 is 1.33 bits per heavy atom. The van der Waals surface area contributed by atoms with Crippen molar-refractivity contribution in [2.75, 3.05) is 12.4 Å². The number of rotatable bonds is 3. The van der Waals surface area contributed by atoms with E-state index in [-0.39, 0.29) is 0 Å². The topological polar surface area (TPSA) is 76.7 Å².